The van der Waals surface area contributed by atoms with Gasteiger partial charge in [-0.2, -0.15) is 9.78 Å². The first kappa shape index (κ1) is 13.7. The summed E-state index contributed by atoms with van der Waals surface area (Å²) in [5.41, 5.74) is 1.98. The Bertz CT molecular complexity index is 877. The Hall–Kier alpha value is -2.27. The van der Waals surface area contributed by atoms with Crippen molar-refractivity contribution >= 4 is 27.8 Å². The van der Waals surface area contributed by atoms with E-state index in [4.69, 9.17) is 0 Å². The molecular weight excluding hydrogens is 282 g/mol. The average Bonchev–Trinajstić information content (AvgIpc) is 2.92. The zero-order chi connectivity index (χ0) is 14.8. The van der Waals surface area contributed by atoms with E-state index in [1.165, 1.54) is 11.0 Å². The number of benzene rings is 1. The Morgan fingerprint density at radius 3 is 2.95 bits per heavy atom. The number of nitrogens with zero attached hydrogens (tertiary/aromatic N) is 3. The predicted octanol–water partition coefficient (Wildman–Crippen LogP) is 3.21. The van der Waals surface area contributed by atoms with Gasteiger partial charge in [0.05, 0.1) is 11.6 Å². The minimum atomic E-state index is -0.124. The number of aryl methyl sites for hydroxylation is 2. The van der Waals surface area contributed by atoms with Gasteiger partial charge in [0.25, 0.3) is 5.56 Å². The summed E-state index contributed by atoms with van der Waals surface area (Å²) in [6, 6.07) is 9.82. The van der Waals surface area contributed by atoms with Crippen molar-refractivity contribution in [2.45, 2.75) is 20.3 Å². The van der Waals surface area contributed by atoms with E-state index in [-0.39, 0.29) is 5.56 Å². The van der Waals surface area contributed by atoms with Gasteiger partial charge in [-0.05, 0) is 30.5 Å². The van der Waals surface area contributed by atoms with E-state index < -0.39 is 0 Å². The van der Waals surface area contributed by atoms with E-state index in [9.17, 15) is 4.79 Å². The Balaban J connectivity index is 2.03. The van der Waals surface area contributed by atoms with Gasteiger partial charge in [0.15, 0.2) is 0 Å². The molecule has 0 N–H and O–H groups in total. The largest absolute Gasteiger partial charge is 0.282 e. The Labute approximate surface area is 126 Å². The first-order valence-electron chi connectivity index (χ1n) is 6.79. The summed E-state index contributed by atoms with van der Waals surface area (Å²) in [5.74, 6) is 0. The fourth-order valence-electron chi connectivity index (χ4n) is 2.08. The fourth-order valence-corrected chi connectivity index (χ4v) is 3.00. The normalized spacial score (nSPS) is 11.5. The van der Waals surface area contributed by atoms with Crippen LogP contribution in [0.5, 0.6) is 0 Å². The molecule has 0 saturated carbocycles. The minimum absolute atomic E-state index is 0.124. The molecule has 0 fully saturated rings. The predicted molar refractivity (Wildman–Crippen MR) is 87.4 cm³/mol. The third kappa shape index (κ3) is 2.64. The molecule has 4 nitrogen and oxygen atoms in total. The van der Waals surface area contributed by atoms with E-state index in [2.05, 4.69) is 17.0 Å². The van der Waals surface area contributed by atoms with Crippen molar-refractivity contribution in [3.63, 3.8) is 0 Å². The van der Waals surface area contributed by atoms with Crippen molar-refractivity contribution in [3.8, 4) is 0 Å². The summed E-state index contributed by atoms with van der Waals surface area (Å²) in [7, 11) is 0. The Morgan fingerprint density at radius 2 is 2.19 bits per heavy atom. The summed E-state index contributed by atoms with van der Waals surface area (Å²) in [4.78, 5) is 18.6. The molecule has 21 heavy (non-hydrogen) atoms. The molecule has 5 heteroatoms. The summed E-state index contributed by atoms with van der Waals surface area (Å²) < 4.78 is 1.29. The van der Waals surface area contributed by atoms with Crippen molar-refractivity contribution in [2.24, 2.45) is 5.10 Å². The molecule has 0 spiro atoms. The quantitative estimate of drug-likeness (QED) is 0.697. The summed E-state index contributed by atoms with van der Waals surface area (Å²) >= 11 is 1.56. The molecule has 2 aromatic heterocycles. The lowest BCUT2D eigenvalue weighted by molar-refractivity contribution is 0.818. The highest BCUT2D eigenvalue weighted by atomic mass is 32.1. The lowest BCUT2D eigenvalue weighted by Gasteiger charge is -1.99. The van der Waals surface area contributed by atoms with Crippen LogP contribution in [0, 0.1) is 6.92 Å². The van der Waals surface area contributed by atoms with Crippen LogP contribution in [-0.4, -0.2) is 15.9 Å². The third-order valence-electron chi connectivity index (χ3n) is 3.34. The summed E-state index contributed by atoms with van der Waals surface area (Å²) in [6.45, 7) is 4.08. The van der Waals surface area contributed by atoms with Gasteiger partial charge in [-0.3, -0.25) is 4.79 Å². The van der Waals surface area contributed by atoms with Gasteiger partial charge in [-0.1, -0.05) is 31.2 Å². The summed E-state index contributed by atoms with van der Waals surface area (Å²) in [6.07, 6.45) is 4.08. The molecule has 3 aromatic rings. The van der Waals surface area contributed by atoms with Crippen LogP contribution in [0.2, 0.25) is 0 Å². The lowest BCUT2D eigenvalue weighted by Crippen LogP contribution is -2.16. The monoisotopic (exact) mass is 297 g/mol. The van der Waals surface area contributed by atoms with Gasteiger partial charge in [0, 0.05) is 4.88 Å². The van der Waals surface area contributed by atoms with E-state index in [0.717, 1.165) is 27.3 Å². The van der Waals surface area contributed by atoms with Crippen LogP contribution in [-0.2, 0) is 6.42 Å². The van der Waals surface area contributed by atoms with Crippen LogP contribution >= 0.6 is 11.3 Å². The molecule has 0 amide bonds. The number of aromatic nitrogens is 2. The third-order valence-corrected chi connectivity index (χ3v) is 4.53. The van der Waals surface area contributed by atoms with E-state index in [1.807, 2.05) is 37.3 Å². The number of thiophene rings is 1. The molecule has 0 bridgehead atoms. The molecule has 1 aromatic carbocycles. The highest BCUT2D eigenvalue weighted by Gasteiger charge is 2.07. The van der Waals surface area contributed by atoms with Gasteiger partial charge in [0.1, 0.15) is 11.2 Å². The average molecular weight is 297 g/mol. The highest BCUT2D eigenvalue weighted by molar-refractivity contribution is 7.18. The van der Waals surface area contributed by atoms with Crippen LogP contribution < -0.4 is 5.56 Å². The number of rotatable bonds is 3. The first-order chi connectivity index (χ1) is 10.2. The molecule has 0 unspecified atom stereocenters. The van der Waals surface area contributed by atoms with E-state index in [1.54, 1.807) is 17.6 Å². The fraction of sp³-hybridized carbons (Fsp3) is 0.188. The maximum Gasteiger partial charge on any atom is 0.282 e. The van der Waals surface area contributed by atoms with Gasteiger partial charge in [0.2, 0.25) is 0 Å². The number of hydrogen-bond acceptors (Lipinski definition) is 4. The second-order valence-corrected chi connectivity index (χ2v) is 5.90. The van der Waals surface area contributed by atoms with Crippen molar-refractivity contribution in [1.29, 1.82) is 0 Å². The highest BCUT2D eigenvalue weighted by Crippen LogP contribution is 2.20. The van der Waals surface area contributed by atoms with Gasteiger partial charge in [-0.15, -0.1) is 11.3 Å². The standard InChI is InChI=1S/C16H15N3OS/c1-3-13-8-14-15(21-13)17-10-19(16(14)20)18-9-12-7-5-4-6-11(12)2/h4-10H,3H2,1-2H3/b18-9-. The van der Waals surface area contributed by atoms with Crippen molar-refractivity contribution in [1.82, 2.24) is 9.66 Å². The minimum Gasteiger partial charge on any atom is -0.267 e. The Morgan fingerprint density at radius 1 is 1.38 bits per heavy atom. The van der Waals surface area contributed by atoms with E-state index in [0.29, 0.717) is 5.39 Å². The molecular formula is C16H15N3OS. The van der Waals surface area contributed by atoms with Crippen molar-refractivity contribution in [3.05, 3.63) is 63.0 Å². The van der Waals surface area contributed by atoms with Crippen LogP contribution in [0.15, 0.2) is 46.6 Å². The van der Waals surface area contributed by atoms with E-state index >= 15 is 0 Å². The van der Waals surface area contributed by atoms with Gasteiger partial charge in [-0.25, -0.2) is 4.98 Å². The zero-order valence-corrected chi connectivity index (χ0v) is 12.7. The molecule has 0 aliphatic heterocycles. The maximum atomic E-state index is 12.4. The molecule has 106 valence electrons. The second-order valence-electron chi connectivity index (χ2n) is 4.78. The second kappa shape index (κ2) is 5.61. The van der Waals surface area contributed by atoms with Crippen LogP contribution in [0.4, 0.5) is 0 Å². The van der Waals surface area contributed by atoms with Crippen LogP contribution in [0.3, 0.4) is 0 Å². The molecule has 0 radical (unpaired) electrons. The molecule has 3 rings (SSSR count). The molecule has 0 atom stereocenters. The molecule has 0 saturated heterocycles. The molecule has 0 aliphatic rings. The van der Waals surface area contributed by atoms with Crippen molar-refractivity contribution in [2.75, 3.05) is 0 Å². The lowest BCUT2D eigenvalue weighted by atomic mass is 10.1. The zero-order valence-electron chi connectivity index (χ0n) is 11.9. The topological polar surface area (TPSA) is 47.2 Å². The maximum absolute atomic E-state index is 12.4. The molecule has 0 aliphatic carbocycles. The smallest absolute Gasteiger partial charge is 0.267 e. The Kier molecular flexibility index (Phi) is 3.66. The molecule has 2 heterocycles. The SMILES string of the molecule is CCc1cc2c(=O)n(/N=C\c3ccccc3C)cnc2s1. The summed E-state index contributed by atoms with van der Waals surface area (Å²) in [5, 5.41) is 4.88. The van der Waals surface area contributed by atoms with Crippen LogP contribution in [0.25, 0.3) is 10.2 Å². The van der Waals surface area contributed by atoms with Gasteiger partial charge >= 0.3 is 0 Å². The van der Waals surface area contributed by atoms with Gasteiger partial charge < -0.3 is 0 Å². The number of fused-ring (bicyclic) bond motifs is 1. The first-order valence-corrected chi connectivity index (χ1v) is 7.60. The number of hydrogen-bond donors (Lipinski definition) is 0. The van der Waals surface area contributed by atoms with Crippen molar-refractivity contribution < 1.29 is 0 Å². The van der Waals surface area contributed by atoms with Crippen LogP contribution in [0.1, 0.15) is 22.9 Å².